The monoisotopic (exact) mass is 389 g/mol. The van der Waals surface area contributed by atoms with Crippen LogP contribution in [0.2, 0.25) is 0 Å². The lowest BCUT2D eigenvalue weighted by Gasteiger charge is -2.20. The first-order valence-corrected chi connectivity index (χ1v) is 10.8. The van der Waals surface area contributed by atoms with Crippen LogP contribution in [0, 0.1) is 0 Å². The molecular formula is C28H23NO. The second-order valence-corrected chi connectivity index (χ2v) is 8.43. The minimum absolute atomic E-state index is 0.411. The molecule has 1 aromatic heterocycles. The van der Waals surface area contributed by atoms with Gasteiger partial charge in [0.1, 0.15) is 0 Å². The van der Waals surface area contributed by atoms with Gasteiger partial charge in [-0.3, -0.25) is 4.98 Å². The van der Waals surface area contributed by atoms with Crippen LogP contribution >= 0.6 is 0 Å². The van der Waals surface area contributed by atoms with E-state index in [-0.39, 0.29) is 0 Å². The van der Waals surface area contributed by atoms with Crippen molar-refractivity contribution in [1.82, 2.24) is 4.98 Å². The van der Waals surface area contributed by atoms with Crippen molar-refractivity contribution in [2.75, 3.05) is 0 Å². The molecule has 5 aromatic rings. The first-order chi connectivity index (χ1) is 14.8. The second-order valence-electron chi connectivity index (χ2n) is 8.43. The summed E-state index contributed by atoms with van der Waals surface area (Å²) in [5, 5.41) is 18.0. The summed E-state index contributed by atoms with van der Waals surface area (Å²) in [7, 11) is 0. The van der Waals surface area contributed by atoms with Crippen molar-refractivity contribution in [3.05, 3.63) is 101 Å². The number of aromatic nitrogens is 1. The normalized spacial score (nSPS) is 16.2. The van der Waals surface area contributed by atoms with Gasteiger partial charge in [-0.2, -0.15) is 0 Å². The largest absolute Gasteiger partial charge is 0.387 e. The van der Waals surface area contributed by atoms with Gasteiger partial charge >= 0.3 is 0 Å². The Kier molecular flexibility index (Phi) is 4.07. The average molecular weight is 389 g/mol. The fraction of sp³-hybridized carbons (Fsp3) is 0.179. The second kappa shape index (κ2) is 6.93. The first kappa shape index (κ1) is 17.6. The van der Waals surface area contributed by atoms with Crippen molar-refractivity contribution in [3.63, 3.8) is 0 Å². The topological polar surface area (TPSA) is 33.1 Å². The molecule has 0 saturated heterocycles. The highest BCUT2D eigenvalue weighted by Crippen LogP contribution is 2.32. The van der Waals surface area contributed by atoms with E-state index in [4.69, 9.17) is 4.98 Å². The van der Waals surface area contributed by atoms with Gasteiger partial charge in [0.25, 0.3) is 0 Å². The number of aryl methyl sites for hydroxylation is 1. The zero-order valence-electron chi connectivity index (χ0n) is 16.8. The summed E-state index contributed by atoms with van der Waals surface area (Å²) in [6.45, 7) is 0. The van der Waals surface area contributed by atoms with Gasteiger partial charge in [0.05, 0.1) is 11.8 Å². The molecule has 1 N–H and O–H groups in total. The summed E-state index contributed by atoms with van der Waals surface area (Å²) < 4.78 is 0. The molecule has 2 heteroatoms. The van der Waals surface area contributed by atoms with Crippen LogP contribution in [0.15, 0.2) is 78.9 Å². The number of rotatable bonds is 2. The molecule has 0 amide bonds. The standard InChI is InChI=1S/C28H23NO/c30-27-7-3-5-20-9-12-22(29-28(20)27)17-18-8-13-24-21(16-18)11-15-25-23-6-2-1-4-19(23)10-14-26(24)25/h1-2,4,6,8-16,27,30H,3,5,7,17H2. The Morgan fingerprint density at radius 1 is 0.767 bits per heavy atom. The molecule has 2 nitrogen and oxygen atoms in total. The Hall–Kier alpha value is -3.23. The number of fused-ring (bicyclic) bond motifs is 6. The van der Waals surface area contributed by atoms with E-state index in [9.17, 15) is 5.11 Å². The van der Waals surface area contributed by atoms with Crippen molar-refractivity contribution >= 4 is 32.3 Å². The molecule has 0 spiro atoms. The molecule has 1 heterocycles. The zero-order chi connectivity index (χ0) is 20.1. The fourth-order valence-electron chi connectivity index (χ4n) is 4.96. The van der Waals surface area contributed by atoms with Crippen LogP contribution < -0.4 is 0 Å². The third-order valence-corrected chi connectivity index (χ3v) is 6.50. The Morgan fingerprint density at radius 2 is 1.53 bits per heavy atom. The van der Waals surface area contributed by atoms with Crippen LogP contribution in [-0.4, -0.2) is 10.1 Å². The molecule has 4 aromatic carbocycles. The first-order valence-electron chi connectivity index (χ1n) is 10.8. The smallest absolute Gasteiger partial charge is 0.0962 e. The molecule has 0 aliphatic heterocycles. The Balaban J connectivity index is 1.41. The Morgan fingerprint density at radius 3 is 2.43 bits per heavy atom. The molecular weight excluding hydrogens is 366 g/mol. The fourth-order valence-corrected chi connectivity index (χ4v) is 4.96. The Bertz CT molecular complexity index is 1420. The lowest BCUT2D eigenvalue weighted by Crippen LogP contribution is -2.12. The van der Waals surface area contributed by atoms with Gasteiger partial charge < -0.3 is 5.11 Å². The van der Waals surface area contributed by atoms with Crippen molar-refractivity contribution in [1.29, 1.82) is 0 Å². The maximum atomic E-state index is 10.3. The molecule has 146 valence electrons. The number of nitrogens with zero attached hydrogens (tertiary/aromatic N) is 1. The van der Waals surface area contributed by atoms with E-state index >= 15 is 0 Å². The van der Waals surface area contributed by atoms with Gasteiger partial charge in [0.2, 0.25) is 0 Å². The zero-order valence-corrected chi connectivity index (χ0v) is 16.8. The summed E-state index contributed by atoms with van der Waals surface area (Å²) in [5.74, 6) is 0. The molecule has 0 radical (unpaired) electrons. The van der Waals surface area contributed by atoms with Crippen molar-refractivity contribution < 1.29 is 5.11 Å². The molecule has 1 aliphatic carbocycles. The summed E-state index contributed by atoms with van der Waals surface area (Å²) in [6, 6.07) is 28.5. The number of hydrogen-bond donors (Lipinski definition) is 1. The van der Waals surface area contributed by atoms with Gasteiger partial charge in [0, 0.05) is 12.1 Å². The van der Waals surface area contributed by atoms with E-state index in [0.717, 1.165) is 37.1 Å². The highest BCUT2D eigenvalue weighted by Gasteiger charge is 2.19. The van der Waals surface area contributed by atoms with Crippen LogP contribution in [0.1, 0.15) is 41.5 Å². The van der Waals surface area contributed by atoms with Gasteiger partial charge in [-0.25, -0.2) is 0 Å². The van der Waals surface area contributed by atoms with E-state index in [2.05, 4.69) is 78.9 Å². The van der Waals surface area contributed by atoms with Crippen LogP contribution in [0.3, 0.4) is 0 Å². The minimum Gasteiger partial charge on any atom is -0.387 e. The van der Waals surface area contributed by atoms with E-state index in [1.165, 1.54) is 43.4 Å². The van der Waals surface area contributed by atoms with E-state index in [1.807, 2.05) is 0 Å². The van der Waals surface area contributed by atoms with Gasteiger partial charge in [-0.1, -0.05) is 72.8 Å². The van der Waals surface area contributed by atoms with E-state index in [1.54, 1.807) is 0 Å². The summed E-state index contributed by atoms with van der Waals surface area (Å²) >= 11 is 0. The van der Waals surface area contributed by atoms with Gasteiger partial charge in [0.15, 0.2) is 0 Å². The van der Waals surface area contributed by atoms with Crippen LogP contribution in [0.4, 0.5) is 0 Å². The average Bonchev–Trinajstić information content (AvgIpc) is 2.79. The molecule has 0 bridgehead atoms. The number of pyridine rings is 1. The maximum absolute atomic E-state index is 10.3. The Labute approximate surface area is 175 Å². The third-order valence-electron chi connectivity index (χ3n) is 6.50. The minimum atomic E-state index is -0.411. The highest BCUT2D eigenvalue weighted by atomic mass is 16.3. The predicted molar refractivity (Wildman–Crippen MR) is 124 cm³/mol. The maximum Gasteiger partial charge on any atom is 0.0962 e. The number of hydrogen-bond acceptors (Lipinski definition) is 2. The summed E-state index contributed by atoms with van der Waals surface area (Å²) in [5.41, 5.74) is 4.37. The molecule has 0 fully saturated rings. The molecule has 1 atom stereocenters. The third kappa shape index (κ3) is 2.88. The number of aliphatic hydroxyl groups is 1. The summed E-state index contributed by atoms with van der Waals surface area (Å²) in [6.07, 6.45) is 3.26. The van der Waals surface area contributed by atoms with Gasteiger partial charge in [-0.05, 0) is 68.8 Å². The molecule has 30 heavy (non-hydrogen) atoms. The number of benzene rings is 4. The van der Waals surface area contributed by atoms with Crippen LogP contribution in [0.25, 0.3) is 32.3 Å². The molecule has 0 saturated carbocycles. The van der Waals surface area contributed by atoms with Gasteiger partial charge in [-0.15, -0.1) is 0 Å². The van der Waals surface area contributed by atoms with E-state index in [0.29, 0.717) is 0 Å². The molecule has 1 unspecified atom stereocenters. The predicted octanol–water partition coefficient (Wildman–Crippen LogP) is 6.50. The summed E-state index contributed by atoms with van der Waals surface area (Å²) in [4.78, 5) is 4.80. The van der Waals surface area contributed by atoms with Crippen LogP contribution in [0.5, 0.6) is 0 Å². The highest BCUT2D eigenvalue weighted by molar-refractivity contribution is 6.17. The van der Waals surface area contributed by atoms with Crippen LogP contribution in [-0.2, 0) is 12.8 Å². The SMILES string of the molecule is OC1CCCc2ccc(Cc3ccc4c(ccc5c6ccccc6ccc45)c3)nc21. The lowest BCUT2D eigenvalue weighted by atomic mass is 9.92. The van der Waals surface area contributed by atoms with Crippen molar-refractivity contribution in [3.8, 4) is 0 Å². The lowest BCUT2D eigenvalue weighted by molar-refractivity contribution is 0.151. The molecule has 6 rings (SSSR count). The van der Waals surface area contributed by atoms with E-state index < -0.39 is 6.10 Å². The van der Waals surface area contributed by atoms with Crippen molar-refractivity contribution in [2.24, 2.45) is 0 Å². The quantitative estimate of drug-likeness (QED) is 0.350. The number of aliphatic hydroxyl groups excluding tert-OH is 1. The van der Waals surface area contributed by atoms with Crippen molar-refractivity contribution in [2.45, 2.75) is 31.8 Å². The molecule has 1 aliphatic rings.